The maximum absolute atomic E-state index is 12.6. The summed E-state index contributed by atoms with van der Waals surface area (Å²) in [5.74, 6) is 1.23. The molecule has 1 aliphatic heterocycles. The first-order valence-electron chi connectivity index (χ1n) is 8.68. The van der Waals surface area contributed by atoms with Crippen LogP contribution in [0.25, 0.3) is 0 Å². The number of amides is 2. The summed E-state index contributed by atoms with van der Waals surface area (Å²) in [6, 6.07) is 7.24. The molecule has 4 nitrogen and oxygen atoms in total. The summed E-state index contributed by atoms with van der Waals surface area (Å²) in [6.45, 7) is 8.13. The highest BCUT2D eigenvalue weighted by Gasteiger charge is 2.25. The molecule has 0 saturated carbocycles. The molecule has 1 heterocycles. The largest absolute Gasteiger partial charge is 0.338 e. The summed E-state index contributed by atoms with van der Waals surface area (Å²) in [6.07, 6.45) is 3.63. The first kappa shape index (κ1) is 17.5. The Balaban J connectivity index is 1.96. The first-order valence-corrected chi connectivity index (χ1v) is 8.68. The van der Waals surface area contributed by atoms with Gasteiger partial charge in [0.15, 0.2) is 0 Å². The van der Waals surface area contributed by atoms with Gasteiger partial charge in [-0.1, -0.05) is 27.2 Å². The van der Waals surface area contributed by atoms with Crippen LogP contribution in [0.5, 0.6) is 0 Å². The molecule has 2 amide bonds. The van der Waals surface area contributed by atoms with Crippen molar-refractivity contribution in [1.29, 1.82) is 0 Å². The minimum Gasteiger partial charge on any atom is -0.338 e. The highest BCUT2D eigenvalue weighted by Crippen LogP contribution is 2.23. The summed E-state index contributed by atoms with van der Waals surface area (Å²) >= 11 is 0. The van der Waals surface area contributed by atoms with Crippen LogP contribution in [0, 0.1) is 11.8 Å². The van der Waals surface area contributed by atoms with Crippen LogP contribution in [-0.2, 0) is 4.79 Å². The van der Waals surface area contributed by atoms with Crippen molar-refractivity contribution in [3.63, 3.8) is 0 Å². The Bertz CT molecular complexity index is 529. The Morgan fingerprint density at radius 3 is 2.30 bits per heavy atom. The Hall–Kier alpha value is -1.84. The van der Waals surface area contributed by atoms with E-state index in [1.807, 2.05) is 29.2 Å². The zero-order chi connectivity index (χ0) is 16.8. The maximum atomic E-state index is 12.6. The number of carbonyl (C=O) groups is 2. The van der Waals surface area contributed by atoms with Crippen molar-refractivity contribution < 1.29 is 9.59 Å². The normalized spacial score (nSPS) is 21.1. The molecule has 2 atom stereocenters. The van der Waals surface area contributed by atoms with Gasteiger partial charge < -0.3 is 10.2 Å². The Morgan fingerprint density at radius 1 is 1.13 bits per heavy atom. The second kappa shape index (κ2) is 8.14. The molecule has 4 heteroatoms. The molecule has 1 N–H and O–H groups in total. The highest BCUT2D eigenvalue weighted by molar-refractivity contribution is 5.95. The topological polar surface area (TPSA) is 49.4 Å². The van der Waals surface area contributed by atoms with E-state index < -0.39 is 0 Å². The van der Waals surface area contributed by atoms with Crippen LogP contribution in [0.1, 0.15) is 56.8 Å². The van der Waals surface area contributed by atoms with Gasteiger partial charge in [-0.25, -0.2) is 0 Å². The molecule has 126 valence electrons. The smallest absolute Gasteiger partial charge is 0.253 e. The summed E-state index contributed by atoms with van der Waals surface area (Å²) in [4.78, 5) is 26.3. The van der Waals surface area contributed by atoms with Gasteiger partial charge in [-0.15, -0.1) is 0 Å². The number of anilines is 1. The Morgan fingerprint density at radius 2 is 1.74 bits per heavy atom. The van der Waals surface area contributed by atoms with Crippen molar-refractivity contribution in [2.45, 2.75) is 46.5 Å². The van der Waals surface area contributed by atoms with E-state index >= 15 is 0 Å². The van der Waals surface area contributed by atoms with Crippen molar-refractivity contribution in [2.24, 2.45) is 11.8 Å². The van der Waals surface area contributed by atoms with Crippen LogP contribution in [0.2, 0.25) is 0 Å². The maximum Gasteiger partial charge on any atom is 0.253 e. The number of piperidine rings is 1. The third kappa shape index (κ3) is 5.08. The lowest BCUT2D eigenvalue weighted by atomic mass is 9.91. The van der Waals surface area contributed by atoms with E-state index in [9.17, 15) is 9.59 Å². The second-order valence-electron chi connectivity index (χ2n) is 6.89. The van der Waals surface area contributed by atoms with Crippen LogP contribution in [0.3, 0.4) is 0 Å². The third-order valence-electron chi connectivity index (χ3n) is 4.33. The third-order valence-corrected chi connectivity index (χ3v) is 4.33. The van der Waals surface area contributed by atoms with E-state index in [-0.39, 0.29) is 11.8 Å². The number of unbranched alkanes of at least 4 members (excludes halogenated alkanes) is 1. The summed E-state index contributed by atoms with van der Waals surface area (Å²) in [7, 11) is 0. The number of nitrogens with one attached hydrogen (secondary N) is 1. The van der Waals surface area contributed by atoms with Crippen molar-refractivity contribution in [3.05, 3.63) is 29.8 Å². The summed E-state index contributed by atoms with van der Waals surface area (Å²) in [5, 5.41) is 2.87. The molecule has 0 aromatic heterocycles. The quantitative estimate of drug-likeness (QED) is 0.894. The summed E-state index contributed by atoms with van der Waals surface area (Å²) in [5.41, 5.74) is 1.45. The lowest BCUT2D eigenvalue weighted by Gasteiger charge is -2.35. The molecule has 1 aliphatic rings. The van der Waals surface area contributed by atoms with Crippen molar-refractivity contribution in [3.8, 4) is 0 Å². The Labute approximate surface area is 139 Å². The van der Waals surface area contributed by atoms with Gasteiger partial charge >= 0.3 is 0 Å². The van der Waals surface area contributed by atoms with Gasteiger partial charge in [0.25, 0.3) is 5.91 Å². The standard InChI is InChI=1S/C19H28N2O2/c1-4-5-6-18(22)20-17-9-7-16(8-10-17)19(23)21-12-14(2)11-15(3)13-21/h7-10,14-15H,4-6,11-13H2,1-3H3,(H,20,22). The van der Waals surface area contributed by atoms with Crippen LogP contribution in [0.15, 0.2) is 24.3 Å². The minimum atomic E-state index is 0.0320. The van der Waals surface area contributed by atoms with E-state index in [1.54, 1.807) is 0 Å². The molecular formula is C19H28N2O2. The first-order chi connectivity index (χ1) is 11.0. The lowest BCUT2D eigenvalue weighted by Crippen LogP contribution is -2.42. The molecule has 23 heavy (non-hydrogen) atoms. The molecule has 0 radical (unpaired) electrons. The van der Waals surface area contributed by atoms with E-state index in [0.717, 1.165) is 31.6 Å². The van der Waals surface area contributed by atoms with Gasteiger partial charge in [0.2, 0.25) is 5.91 Å². The molecule has 0 bridgehead atoms. The van der Waals surface area contributed by atoms with Crippen LogP contribution in [0.4, 0.5) is 5.69 Å². The van der Waals surface area contributed by atoms with Crippen molar-refractivity contribution in [2.75, 3.05) is 18.4 Å². The average molecular weight is 316 g/mol. The number of benzene rings is 1. The molecular weight excluding hydrogens is 288 g/mol. The van der Waals surface area contributed by atoms with Gasteiger partial charge in [-0.2, -0.15) is 0 Å². The van der Waals surface area contributed by atoms with Gasteiger partial charge in [-0.05, 0) is 48.9 Å². The molecule has 1 aromatic carbocycles. The fourth-order valence-corrected chi connectivity index (χ4v) is 3.27. The minimum absolute atomic E-state index is 0.0320. The number of hydrogen-bond acceptors (Lipinski definition) is 2. The predicted octanol–water partition coefficient (Wildman–Crippen LogP) is 3.93. The van der Waals surface area contributed by atoms with Crippen LogP contribution >= 0.6 is 0 Å². The number of nitrogens with zero attached hydrogens (tertiary/aromatic N) is 1. The van der Waals surface area contributed by atoms with Gasteiger partial charge in [0, 0.05) is 30.8 Å². The number of likely N-dealkylation sites (tertiary alicyclic amines) is 1. The van der Waals surface area contributed by atoms with Crippen LogP contribution in [-0.4, -0.2) is 29.8 Å². The molecule has 2 rings (SSSR count). The lowest BCUT2D eigenvalue weighted by molar-refractivity contribution is -0.116. The number of hydrogen-bond donors (Lipinski definition) is 1. The van der Waals surface area contributed by atoms with Gasteiger partial charge in [0.1, 0.15) is 0 Å². The fraction of sp³-hybridized carbons (Fsp3) is 0.579. The molecule has 0 aliphatic carbocycles. The highest BCUT2D eigenvalue weighted by atomic mass is 16.2. The molecule has 1 fully saturated rings. The number of rotatable bonds is 5. The van der Waals surface area contributed by atoms with Gasteiger partial charge in [0.05, 0.1) is 0 Å². The van der Waals surface area contributed by atoms with E-state index in [2.05, 4.69) is 26.1 Å². The predicted molar refractivity (Wildman–Crippen MR) is 93.4 cm³/mol. The fourth-order valence-electron chi connectivity index (χ4n) is 3.27. The van der Waals surface area contributed by atoms with Crippen molar-refractivity contribution in [1.82, 2.24) is 4.90 Å². The van der Waals surface area contributed by atoms with E-state index in [0.29, 0.717) is 23.8 Å². The van der Waals surface area contributed by atoms with Gasteiger partial charge in [-0.3, -0.25) is 9.59 Å². The van der Waals surface area contributed by atoms with E-state index in [4.69, 9.17) is 0 Å². The molecule has 0 spiro atoms. The van der Waals surface area contributed by atoms with Crippen molar-refractivity contribution >= 4 is 17.5 Å². The zero-order valence-corrected chi connectivity index (χ0v) is 14.5. The monoisotopic (exact) mass is 316 g/mol. The molecule has 2 unspecified atom stereocenters. The van der Waals surface area contributed by atoms with Crippen LogP contribution < -0.4 is 5.32 Å². The Kier molecular flexibility index (Phi) is 6.20. The SMILES string of the molecule is CCCCC(=O)Nc1ccc(C(=O)N2CC(C)CC(C)C2)cc1. The molecule has 1 aromatic rings. The molecule has 1 saturated heterocycles. The zero-order valence-electron chi connectivity index (χ0n) is 14.5. The van der Waals surface area contributed by atoms with E-state index in [1.165, 1.54) is 6.42 Å². The second-order valence-corrected chi connectivity index (χ2v) is 6.89. The number of carbonyl (C=O) groups excluding carboxylic acids is 2. The average Bonchev–Trinajstić information content (AvgIpc) is 2.52. The summed E-state index contributed by atoms with van der Waals surface area (Å²) < 4.78 is 0.